The lowest BCUT2D eigenvalue weighted by atomic mass is 9.59. The molecule has 1 aromatic carbocycles. The number of nitrogens with zero attached hydrogens (tertiary/aromatic N) is 1. The van der Waals surface area contributed by atoms with Crippen molar-refractivity contribution in [1.82, 2.24) is 0 Å². The van der Waals surface area contributed by atoms with Gasteiger partial charge in [0.1, 0.15) is 0 Å². The lowest BCUT2D eigenvalue weighted by Crippen LogP contribution is -2.42. The molecule has 3 nitrogen and oxygen atoms in total. The van der Waals surface area contributed by atoms with Gasteiger partial charge in [-0.3, -0.25) is 4.79 Å². The number of hydrogen-bond donors (Lipinski definition) is 0. The first-order valence-corrected chi connectivity index (χ1v) is 8.08. The number of carbonyl (C=O) groups is 1. The minimum atomic E-state index is -0.840. The largest absolute Gasteiger partial charge is 0.469 e. The zero-order valence-electron chi connectivity index (χ0n) is 12.8. The van der Waals surface area contributed by atoms with Crippen LogP contribution in [0.4, 0.5) is 0 Å². The Bertz CT molecular complexity index is 618. The third kappa shape index (κ3) is 2.83. The van der Waals surface area contributed by atoms with E-state index in [2.05, 4.69) is 6.07 Å². The number of methoxy groups -OCH3 is 1. The zero-order valence-corrected chi connectivity index (χ0v) is 14.3. The first-order chi connectivity index (χ1) is 10.4. The lowest BCUT2D eigenvalue weighted by Gasteiger charge is -2.42. The molecular weight excluding hydrogens is 321 g/mol. The third-order valence-corrected chi connectivity index (χ3v) is 5.70. The van der Waals surface area contributed by atoms with Gasteiger partial charge in [-0.2, -0.15) is 5.26 Å². The summed E-state index contributed by atoms with van der Waals surface area (Å²) < 4.78 is 4.79. The molecule has 1 fully saturated rings. The molecule has 0 radical (unpaired) electrons. The number of rotatable bonds is 4. The van der Waals surface area contributed by atoms with Gasteiger partial charge in [-0.1, -0.05) is 42.1 Å². The average Bonchev–Trinajstić information content (AvgIpc) is 3.01. The van der Waals surface area contributed by atoms with Crippen LogP contribution in [0, 0.1) is 16.7 Å². The second-order valence-electron chi connectivity index (χ2n) is 6.11. The smallest absolute Gasteiger partial charge is 0.307 e. The van der Waals surface area contributed by atoms with Gasteiger partial charge in [0.05, 0.1) is 35.1 Å². The molecule has 0 saturated heterocycles. The highest BCUT2D eigenvalue weighted by molar-refractivity contribution is 6.42. The van der Waals surface area contributed by atoms with E-state index in [1.54, 1.807) is 6.07 Å². The molecule has 0 aliphatic heterocycles. The number of nitriles is 1. The number of carbonyl (C=O) groups excluding carboxylic acids is 1. The monoisotopic (exact) mass is 339 g/mol. The first kappa shape index (κ1) is 17.1. The van der Waals surface area contributed by atoms with Gasteiger partial charge in [0.2, 0.25) is 0 Å². The quantitative estimate of drug-likeness (QED) is 0.733. The molecule has 22 heavy (non-hydrogen) atoms. The van der Waals surface area contributed by atoms with E-state index in [0.29, 0.717) is 10.0 Å². The number of hydrogen-bond acceptors (Lipinski definition) is 3. The fraction of sp³-hybridized carbons (Fsp3) is 0.529. The van der Waals surface area contributed by atoms with Crippen molar-refractivity contribution in [2.45, 2.75) is 44.4 Å². The van der Waals surface area contributed by atoms with Crippen LogP contribution < -0.4 is 0 Å². The van der Waals surface area contributed by atoms with E-state index >= 15 is 0 Å². The van der Waals surface area contributed by atoms with Crippen molar-refractivity contribution >= 4 is 29.2 Å². The minimum absolute atomic E-state index is 0.0697. The van der Waals surface area contributed by atoms with Crippen molar-refractivity contribution in [3.63, 3.8) is 0 Å². The van der Waals surface area contributed by atoms with Crippen LogP contribution in [0.2, 0.25) is 10.0 Å². The molecular formula is C17H19Cl2NO2. The van der Waals surface area contributed by atoms with Gasteiger partial charge in [0.25, 0.3) is 0 Å². The summed E-state index contributed by atoms with van der Waals surface area (Å²) in [5, 5.41) is 10.8. The summed E-state index contributed by atoms with van der Waals surface area (Å²) in [6.45, 7) is 1.84. The predicted octanol–water partition coefficient (Wildman–Crippen LogP) is 4.90. The Kier molecular flexibility index (Phi) is 5.04. The maximum absolute atomic E-state index is 11.8. The summed E-state index contributed by atoms with van der Waals surface area (Å²) in [5.74, 6) is -0.365. The Labute approximate surface area is 141 Å². The molecule has 1 aromatic rings. The molecule has 1 atom stereocenters. The average molecular weight is 340 g/mol. The van der Waals surface area contributed by atoms with Crippen LogP contribution in [-0.4, -0.2) is 13.1 Å². The summed E-state index contributed by atoms with van der Waals surface area (Å²) in [4.78, 5) is 11.8. The van der Waals surface area contributed by atoms with Crippen LogP contribution in [0.5, 0.6) is 0 Å². The predicted molar refractivity (Wildman–Crippen MR) is 87.0 cm³/mol. The molecule has 0 N–H and O–H groups in total. The number of halogens is 2. The van der Waals surface area contributed by atoms with Crippen molar-refractivity contribution in [2.24, 2.45) is 5.41 Å². The molecule has 0 spiro atoms. The molecule has 0 heterocycles. The van der Waals surface area contributed by atoms with Crippen LogP contribution in [0.25, 0.3) is 0 Å². The van der Waals surface area contributed by atoms with E-state index in [4.69, 9.17) is 27.9 Å². The van der Waals surface area contributed by atoms with E-state index in [-0.39, 0.29) is 12.4 Å². The minimum Gasteiger partial charge on any atom is -0.469 e. The van der Waals surface area contributed by atoms with Gasteiger partial charge in [0.15, 0.2) is 0 Å². The Hall–Kier alpha value is -1.24. The molecule has 1 unspecified atom stereocenters. The van der Waals surface area contributed by atoms with Crippen molar-refractivity contribution < 1.29 is 9.53 Å². The van der Waals surface area contributed by atoms with Gasteiger partial charge in [-0.25, -0.2) is 0 Å². The summed E-state index contributed by atoms with van der Waals surface area (Å²) >= 11 is 12.2. The van der Waals surface area contributed by atoms with Crippen molar-refractivity contribution in [2.75, 3.05) is 7.11 Å². The maximum atomic E-state index is 11.8. The normalized spacial score (nSPS) is 19.2. The Morgan fingerprint density at radius 1 is 1.36 bits per heavy atom. The second kappa shape index (κ2) is 6.48. The van der Waals surface area contributed by atoms with E-state index in [9.17, 15) is 10.1 Å². The number of esters is 1. The van der Waals surface area contributed by atoms with Crippen molar-refractivity contribution in [3.8, 4) is 6.07 Å². The van der Waals surface area contributed by atoms with E-state index in [1.807, 2.05) is 19.1 Å². The molecule has 2 rings (SSSR count). The molecule has 0 aromatic heterocycles. The standard InChI is InChI=1S/C17H19Cl2NO2/c1-16(11-20,10-15(21)22-2)17(7-3-4-8-17)12-5-6-13(18)14(19)9-12/h5-6,9H,3-4,7-8,10H2,1-2H3. The molecule has 0 bridgehead atoms. The summed E-state index contributed by atoms with van der Waals surface area (Å²) in [7, 11) is 1.35. The lowest BCUT2D eigenvalue weighted by molar-refractivity contribution is -0.143. The number of ether oxygens (including phenoxy) is 1. The summed E-state index contributed by atoms with van der Waals surface area (Å²) in [6, 6.07) is 7.90. The van der Waals surface area contributed by atoms with Crippen molar-refractivity contribution in [3.05, 3.63) is 33.8 Å². The van der Waals surface area contributed by atoms with Gasteiger partial charge in [0, 0.05) is 5.41 Å². The maximum Gasteiger partial charge on any atom is 0.307 e. The van der Waals surface area contributed by atoms with E-state index < -0.39 is 10.8 Å². The van der Waals surface area contributed by atoms with Gasteiger partial charge in [-0.05, 0) is 37.5 Å². The van der Waals surface area contributed by atoms with E-state index in [0.717, 1.165) is 31.2 Å². The molecule has 1 saturated carbocycles. The Balaban J connectivity index is 2.53. The van der Waals surface area contributed by atoms with Gasteiger partial charge >= 0.3 is 5.97 Å². The summed E-state index contributed by atoms with van der Waals surface area (Å²) in [6.07, 6.45) is 3.83. The zero-order chi connectivity index (χ0) is 16.4. The molecule has 5 heteroatoms. The summed E-state index contributed by atoms with van der Waals surface area (Å²) in [5.41, 5.74) is -0.259. The Morgan fingerprint density at radius 2 is 2.00 bits per heavy atom. The highest BCUT2D eigenvalue weighted by atomic mass is 35.5. The van der Waals surface area contributed by atoms with Crippen LogP contribution in [0.3, 0.4) is 0 Å². The van der Waals surface area contributed by atoms with Crippen LogP contribution >= 0.6 is 23.2 Å². The number of benzene rings is 1. The third-order valence-electron chi connectivity index (χ3n) is 4.96. The second-order valence-corrected chi connectivity index (χ2v) is 6.93. The molecule has 1 aliphatic rings. The highest BCUT2D eigenvalue weighted by Gasteiger charge is 2.52. The SMILES string of the molecule is COC(=O)CC(C)(C#N)C1(c2ccc(Cl)c(Cl)c2)CCCC1. The van der Waals surface area contributed by atoms with Crippen LogP contribution in [0.1, 0.15) is 44.6 Å². The fourth-order valence-electron chi connectivity index (χ4n) is 3.61. The Morgan fingerprint density at radius 3 is 2.50 bits per heavy atom. The van der Waals surface area contributed by atoms with E-state index in [1.165, 1.54) is 7.11 Å². The first-order valence-electron chi connectivity index (χ1n) is 7.32. The van der Waals surface area contributed by atoms with Crippen LogP contribution in [-0.2, 0) is 14.9 Å². The molecule has 118 valence electrons. The van der Waals surface area contributed by atoms with Gasteiger partial charge < -0.3 is 4.74 Å². The topological polar surface area (TPSA) is 50.1 Å². The highest BCUT2D eigenvalue weighted by Crippen LogP contribution is 2.55. The molecule has 0 amide bonds. The van der Waals surface area contributed by atoms with Crippen molar-refractivity contribution in [1.29, 1.82) is 5.26 Å². The molecule has 1 aliphatic carbocycles. The van der Waals surface area contributed by atoms with Crippen LogP contribution in [0.15, 0.2) is 18.2 Å². The van der Waals surface area contributed by atoms with Gasteiger partial charge in [-0.15, -0.1) is 0 Å². The fourth-order valence-corrected chi connectivity index (χ4v) is 3.91.